The van der Waals surface area contributed by atoms with Crippen molar-refractivity contribution in [3.05, 3.63) is 47.5 Å². The number of fused-ring (bicyclic) bond motifs is 1. The summed E-state index contributed by atoms with van der Waals surface area (Å²) in [7, 11) is 0.365. The molecule has 0 fully saturated rings. The van der Waals surface area contributed by atoms with E-state index in [4.69, 9.17) is 14.2 Å². The molecule has 0 saturated carbocycles. The molecule has 2 aromatic carbocycles. The fourth-order valence-corrected chi connectivity index (χ4v) is 4.93. The Hall–Kier alpha value is -2.78. The smallest absolute Gasteiger partial charge is 0.243 e. The predicted octanol–water partition coefficient (Wildman–Crippen LogP) is 3.05. The van der Waals surface area contributed by atoms with Crippen LogP contribution in [0.3, 0.4) is 0 Å². The second-order valence-corrected chi connectivity index (χ2v) is 10.6. The SMILES string of the molecule is COc1ccc(S(=O)(=O)N(C)CC(=O)N[C@H]2CC(C)(C)Oc3ccc(C)cc32)cc1OC. The molecule has 0 spiro atoms. The van der Waals surface area contributed by atoms with Gasteiger partial charge in [-0.25, -0.2) is 8.42 Å². The molecule has 174 valence electrons. The highest BCUT2D eigenvalue weighted by molar-refractivity contribution is 7.89. The molecule has 2 aromatic rings. The van der Waals surface area contributed by atoms with Gasteiger partial charge in [-0.2, -0.15) is 4.31 Å². The summed E-state index contributed by atoms with van der Waals surface area (Å²) >= 11 is 0. The highest BCUT2D eigenvalue weighted by Gasteiger charge is 2.35. The number of hydrogen-bond acceptors (Lipinski definition) is 6. The van der Waals surface area contributed by atoms with Crippen LogP contribution >= 0.6 is 0 Å². The summed E-state index contributed by atoms with van der Waals surface area (Å²) in [4.78, 5) is 12.8. The maximum atomic E-state index is 13.0. The normalized spacial score (nSPS) is 17.3. The first kappa shape index (κ1) is 23.9. The standard InChI is InChI=1S/C23H30N2O6S/c1-15-7-9-19-17(11-15)18(13-23(2,3)31-19)24-22(26)14-25(4)32(27,28)16-8-10-20(29-5)21(12-16)30-6/h7-12,18H,13-14H2,1-6H3,(H,24,26)/t18-/m0/s1. The molecular formula is C23H30N2O6S. The van der Waals surface area contributed by atoms with Crippen LogP contribution in [0.5, 0.6) is 17.2 Å². The van der Waals surface area contributed by atoms with Gasteiger partial charge in [-0.15, -0.1) is 0 Å². The van der Waals surface area contributed by atoms with Crippen LogP contribution in [0.15, 0.2) is 41.3 Å². The largest absolute Gasteiger partial charge is 0.493 e. The van der Waals surface area contributed by atoms with Crippen molar-refractivity contribution in [2.75, 3.05) is 27.8 Å². The minimum Gasteiger partial charge on any atom is -0.493 e. The van der Waals surface area contributed by atoms with Gasteiger partial charge in [0.05, 0.1) is 31.7 Å². The Bertz CT molecular complexity index is 1110. The number of rotatable bonds is 7. The van der Waals surface area contributed by atoms with Gasteiger partial charge in [0.2, 0.25) is 15.9 Å². The minimum atomic E-state index is -3.91. The fraction of sp³-hybridized carbons (Fsp3) is 0.435. The Morgan fingerprint density at radius 1 is 1.16 bits per heavy atom. The van der Waals surface area contributed by atoms with Crippen molar-refractivity contribution in [3.63, 3.8) is 0 Å². The van der Waals surface area contributed by atoms with Crippen molar-refractivity contribution in [2.24, 2.45) is 0 Å². The van der Waals surface area contributed by atoms with Gasteiger partial charge in [-0.05, 0) is 39.0 Å². The molecule has 3 rings (SSSR count). The Morgan fingerprint density at radius 2 is 1.84 bits per heavy atom. The molecule has 0 aromatic heterocycles. The second kappa shape index (κ2) is 8.99. The van der Waals surface area contributed by atoms with E-state index in [1.807, 2.05) is 39.0 Å². The summed E-state index contributed by atoms with van der Waals surface area (Å²) in [5.74, 6) is 1.04. The number of ether oxygens (including phenoxy) is 3. The van der Waals surface area contributed by atoms with Crippen molar-refractivity contribution in [1.82, 2.24) is 9.62 Å². The molecule has 8 nitrogen and oxygen atoms in total. The summed E-state index contributed by atoms with van der Waals surface area (Å²) in [5, 5.41) is 2.98. The number of likely N-dealkylation sites (N-methyl/N-ethyl adjacent to an activating group) is 1. The molecule has 0 saturated heterocycles. The lowest BCUT2D eigenvalue weighted by atomic mass is 9.89. The average Bonchev–Trinajstić information content (AvgIpc) is 2.72. The molecule has 1 amide bonds. The summed E-state index contributed by atoms with van der Waals surface area (Å²) in [6, 6.07) is 9.88. The molecule has 0 bridgehead atoms. The Morgan fingerprint density at radius 3 is 2.50 bits per heavy atom. The summed E-state index contributed by atoms with van der Waals surface area (Å²) < 4.78 is 43.4. The van der Waals surface area contributed by atoms with E-state index in [1.165, 1.54) is 39.5 Å². The van der Waals surface area contributed by atoms with Crippen LogP contribution in [0.4, 0.5) is 0 Å². The van der Waals surface area contributed by atoms with Crippen molar-refractivity contribution in [1.29, 1.82) is 0 Å². The molecule has 1 atom stereocenters. The fourth-order valence-electron chi connectivity index (χ4n) is 3.79. The van der Waals surface area contributed by atoms with E-state index in [2.05, 4.69) is 5.32 Å². The van der Waals surface area contributed by atoms with Gasteiger partial charge in [0.15, 0.2) is 11.5 Å². The van der Waals surface area contributed by atoms with Gasteiger partial charge < -0.3 is 19.5 Å². The molecule has 0 aliphatic carbocycles. The van der Waals surface area contributed by atoms with E-state index in [9.17, 15) is 13.2 Å². The monoisotopic (exact) mass is 462 g/mol. The van der Waals surface area contributed by atoms with Crippen LogP contribution in [0.2, 0.25) is 0 Å². The average molecular weight is 463 g/mol. The molecule has 1 N–H and O–H groups in total. The van der Waals surface area contributed by atoms with Crippen LogP contribution < -0.4 is 19.5 Å². The number of nitrogens with one attached hydrogen (secondary N) is 1. The number of nitrogens with zero attached hydrogens (tertiary/aromatic N) is 1. The van der Waals surface area contributed by atoms with Gasteiger partial charge in [0.1, 0.15) is 11.4 Å². The number of carbonyl (C=O) groups excluding carboxylic acids is 1. The number of methoxy groups -OCH3 is 2. The van der Waals surface area contributed by atoms with E-state index in [1.54, 1.807) is 0 Å². The molecule has 1 aliphatic rings. The minimum absolute atomic E-state index is 0.0126. The van der Waals surface area contributed by atoms with Crippen LogP contribution in [0, 0.1) is 6.92 Å². The molecule has 1 heterocycles. The number of carbonyl (C=O) groups is 1. The van der Waals surface area contributed by atoms with Crippen molar-refractivity contribution in [3.8, 4) is 17.2 Å². The number of amides is 1. The maximum absolute atomic E-state index is 13.0. The quantitative estimate of drug-likeness (QED) is 0.680. The second-order valence-electron chi connectivity index (χ2n) is 8.51. The predicted molar refractivity (Wildman–Crippen MR) is 121 cm³/mol. The third kappa shape index (κ3) is 4.99. The number of benzene rings is 2. The Labute approximate surface area is 189 Å². The third-order valence-electron chi connectivity index (χ3n) is 5.39. The van der Waals surface area contributed by atoms with Crippen molar-refractivity contribution < 1.29 is 27.4 Å². The molecular weight excluding hydrogens is 432 g/mol. The summed E-state index contributed by atoms with van der Waals surface area (Å²) in [6.45, 7) is 5.57. The first-order chi connectivity index (χ1) is 15.0. The molecule has 32 heavy (non-hydrogen) atoms. The topological polar surface area (TPSA) is 94.2 Å². The first-order valence-corrected chi connectivity index (χ1v) is 11.7. The van der Waals surface area contributed by atoms with Crippen LogP contribution in [-0.2, 0) is 14.8 Å². The van der Waals surface area contributed by atoms with Gasteiger partial charge in [0, 0.05) is 25.1 Å². The lowest BCUT2D eigenvalue weighted by molar-refractivity contribution is -0.122. The highest BCUT2D eigenvalue weighted by atomic mass is 32.2. The molecule has 0 radical (unpaired) electrons. The van der Waals surface area contributed by atoms with E-state index >= 15 is 0 Å². The van der Waals surface area contributed by atoms with E-state index in [-0.39, 0.29) is 17.5 Å². The number of sulfonamides is 1. The van der Waals surface area contributed by atoms with Crippen LogP contribution in [0.1, 0.15) is 37.4 Å². The third-order valence-corrected chi connectivity index (χ3v) is 7.19. The van der Waals surface area contributed by atoms with Gasteiger partial charge in [-0.3, -0.25) is 4.79 Å². The zero-order chi connectivity index (χ0) is 23.7. The number of hydrogen-bond donors (Lipinski definition) is 1. The van der Waals surface area contributed by atoms with Crippen LogP contribution in [-0.4, -0.2) is 52.0 Å². The van der Waals surface area contributed by atoms with Gasteiger partial charge in [0.25, 0.3) is 0 Å². The summed E-state index contributed by atoms with van der Waals surface area (Å²) in [5.41, 5.74) is 1.49. The number of aryl methyl sites for hydroxylation is 1. The zero-order valence-electron chi connectivity index (χ0n) is 19.3. The highest BCUT2D eigenvalue weighted by Crippen LogP contribution is 2.40. The molecule has 9 heteroatoms. The summed E-state index contributed by atoms with van der Waals surface area (Å²) in [6.07, 6.45) is 0.571. The lowest BCUT2D eigenvalue weighted by Crippen LogP contribution is -2.44. The maximum Gasteiger partial charge on any atom is 0.243 e. The van der Waals surface area contributed by atoms with Crippen molar-refractivity contribution >= 4 is 15.9 Å². The van der Waals surface area contributed by atoms with Crippen LogP contribution in [0.25, 0.3) is 0 Å². The Balaban J connectivity index is 1.77. The van der Waals surface area contributed by atoms with E-state index < -0.39 is 21.5 Å². The van der Waals surface area contributed by atoms with E-state index in [0.717, 1.165) is 21.2 Å². The lowest BCUT2D eigenvalue weighted by Gasteiger charge is -2.38. The first-order valence-electron chi connectivity index (χ1n) is 10.2. The van der Waals surface area contributed by atoms with Gasteiger partial charge in [-0.1, -0.05) is 17.7 Å². The Kier molecular flexibility index (Phi) is 6.71. The van der Waals surface area contributed by atoms with Gasteiger partial charge >= 0.3 is 0 Å². The van der Waals surface area contributed by atoms with Crippen molar-refractivity contribution in [2.45, 2.75) is 43.7 Å². The van der Waals surface area contributed by atoms with E-state index in [0.29, 0.717) is 17.9 Å². The zero-order valence-corrected chi connectivity index (χ0v) is 20.1. The molecule has 1 aliphatic heterocycles. The molecule has 0 unspecified atom stereocenters.